The molecule has 6 heteroatoms. The van der Waals surface area contributed by atoms with Crippen molar-refractivity contribution in [3.05, 3.63) is 47.8 Å². The molecule has 0 bridgehead atoms. The van der Waals surface area contributed by atoms with E-state index in [1.54, 1.807) is 23.9 Å². The number of carbonyl (C=O) groups excluding carboxylic acids is 1. The van der Waals surface area contributed by atoms with Crippen LogP contribution in [-0.2, 0) is 17.5 Å². The van der Waals surface area contributed by atoms with Crippen LogP contribution in [0.5, 0.6) is 5.75 Å². The van der Waals surface area contributed by atoms with Gasteiger partial charge in [0.05, 0.1) is 13.3 Å². The van der Waals surface area contributed by atoms with Crippen LogP contribution in [0.25, 0.3) is 0 Å². The maximum Gasteiger partial charge on any atom is 0.226 e. The standard InChI is InChI=1S/C20H24FN3O2/c1-23-13-14(12-22-23)17-11-18(17)19(25)24-8-6-20(21,7-9-24)15-4-3-5-16(10-15)26-2/h3-5,10,12-13,17-18H,6-9,11H2,1-2H3/t17-,18+/m0/s1. The highest BCUT2D eigenvalue weighted by atomic mass is 19.1. The quantitative estimate of drug-likeness (QED) is 0.845. The zero-order valence-corrected chi connectivity index (χ0v) is 15.2. The Morgan fingerprint density at radius 2 is 2.12 bits per heavy atom. The predicted octanol–water partition coefficient (Wildman–Crippen LogP) is 3.02. The van der Waals surface area contributed by atoms with Crippen molar-refractivity contribution < 1.29 is 13.9 Å². The number of likely N-dealkylation sites (tertiary alicyclic amines) is 1. The molecule has 0 N–H and O–H groups in total. The first-order valence-corrected chi connectivity index (χ1v) is 9.11. The summed E-state index contributed by atoms with van der Waals surface area (Å²) in [5.41, 5.74) is 0.375. The first-order valence-electron chi connectivity index (χ1n) is 9.11. The molecule has 1 aromatic carbocycles. The number of aryl methyl sites for hydroxylation is 1. The van der Waals surface area contributed by atoms with Gasteiger partial charge in [0.1, 0.15) is 11.4 Å². The Bertz CT molecular complexity index is 811. The predicted molar refractivity (Wildman–Crippen MR) is 95.7 cm³/mol. The number of rotatable bonds is 4. The maximum atomic E-state index is 15.4. The summed E-state index contributed by atoms with van der Waals surface area (Å²) in [6, 6.07) is 7.20. The van der Waals surface area contributed by atoms with E-state index in [1.807, 2.05) is 36.5 Å². The van der Waals surface area contributed by atoms with Crippen LogP contribution < -0.4 is 4.74 Å². The molecule has 1 aliphatic heterocycles. The van der Waals surface area contributed by atoms with Gasteiger partial charge < -0.3 is 9.64 Å². The molecule has 1 aliphatic carbocycles. The van der Waals surface area contributed by atoms with Gasteiger partial charge in [-0.25, -0.2) is 4.39 Å². The number of benzene rings is 1. The number of halogens is 1. The first-order chi connectivity index (χ1) is 12.5. The Balaban J connectivity index is 1.38. The van der Waals surface area contributed by atoms with Gasteiger partial charge in [0.25, 0.3) is 0 Å². The zero-order valence-electron chi connectivity index (χ0n) is 15.2. The van der Waals surface area contributed by atoms with Crippen molar-refractivity contribution in [2.45, 2.75) is 30.8 Å². The molecule has 1 amide bonds. The minimum atomic E-state index is -1.39. The van der Waals surface area contributed by atoms with Gasteiger partial charge in [-0.1, -0.05) is 12.1 Å². The summed E-state index contributed by atoms with van der Waals surface area (Å²) in [7, 11) is 3.46. The first kappa shape index (κ1) is 17.1. The van der Waals surface area contributed by atoms with Crippen molar-refractivity contribution in [3.8, 4) is 5.75 Å². The lowest BCUT2D eigenvalue weighted by Crippen LogP contribution is -2.44. The van der Waals surface area contributed by atoms with Gasteiger partial charge >= 0.3 is 0 Å². The van der Waals surface area contributed by atoms with Crippen LogP contribution in [0.4, 0.5) is 4.39 Å². The van der Waals surface area contributed by atoms with Gasteiger partial charge in [0, 0.05) is 45.1 Å². The summed E-state index contributed by atoms with van der Waals surface area (Å²) in [4.78, 5) is 14.6. The lowest BCUT2D eigenvalue weighted by molar-refractivity contribution is -0.135. The van der Waals surface area contributed by atoms with E-state index in [2.05, 4.69) is 5.10 Å². The summed E-state index contributed by atoms with van der Waals surface area (Å²) in [6.07, 6.45) is 5.34. The highest BCUT2D eigenvalue weighted by Gasteiger charge is 2.48. The van der Waals surface area contributed by atoms with E-state index in [1.165, 1.54) is 0 Å². The largest absolute Gasteiger partial charge is 0.497 e. The van der Waals surface area contributed by atoms with E-state index >= 15 is 4.39 Å². The molecule has 2 atom stereocenters. The highest BCUT2D eigenvalue weighted by molar-refractivity contribution is 5.83. The number of nitrogens with zero attached hydrogens (tertiary/aromatic N) is 3. The van der Waals surface area contributed by atoms with E-state index in [-0.39, 0.29) is 17.7 Å². The molecule has 138 valence electrons. The highest BCUT2D eigenvalue weighted by Crippen LogP contribution is 2.49. The zero-order chi connectivity index (χ0) is 18.3. The van der Waals surface area contributed by atoms with Gasteiger partial charge in [0.2, 0.25) is 5.91 Å². The van der Waals surface area contributed by atoms with E-state index in [9.17, 15) is 4.79 Å². The molecule has 2 fully saturated rings. The third kappa shape index (κ3) is 3.08. The number of methoxy groups -OCH3 is 1. The van der Waals surface area contributed by atoms with E-state index < -0.39 is 5.67 Å². The van der Waals surface area contributed by atoms with E-state index in [4.69, 9.17) is 4.74 Å². The smallest absolute Gasteiger partial charge is 0.226 e. The number of amides is 1. The summed E-state index contributed by atoms with van der Waals surface area (Å²) in [6.45, 7) is 0.922. The summed E-state index contributed by atoms with van der Waals surface area (Å²) >= 11 is 0. The molecule has 0 radical (unpaired) electrons. The molecule has 0 spiro atoms. The molecule has 2 aromatic rings. The topological polar surface area (TPSA) is 47.4 Å². The molecule has 4 rings (SSSR count). The monoisotopic (exact) mass is 357 g/mol. The van der Waals surface area contributed by atoms with Crippen LogP contribution in [-0.4, -0.2) is 40.8 Å². The van der Waals surface area contributed by atoms with Gasteiger partial charge in [-0.2, -0.15) is 5.10 Å². The second-order valence-corrected chi connectivity index (χ2v) is 7.42. The van der Waals surface area contributed by atoms with Crippen LogP contribution in [0, 0.1) is 5.92 Å². The normalized spacial score (nSPS) is 24.3. The second kappa shape index (κ2) is 6.41. The Labute approximate surface area is 152 Å². The van der Waals surface area contributed by atoms with Crippen molar-refractivity contribution in [2.24, 2.45) is 13.0 Å². The van der Waals surface area contributed by atoms with Crippen LogP contribution >= 0.6 is 0 Å². The fourth-order valence-corrected chi connectivity index (χ4v) is 3.97. The third-order valence-electron chi connectivity index (χ3n) is 5.72. The minimum absolute atomic E-state index is 0.0307. The lowest BCUT2D eigenvalue weighted by atomic mass is 9.86. The fourth-order valence-electron chi connectivity index (χ4n) is 3.97. The summed E-state index contributed by atoms with van der Waals surface area (Å²) in [5, 5.41) is 4.18. The average Bonchev–Trinajstić information content (AvgIpc) is 3.35. The number of hydrogen-bond donors (Lipinski definition) is 0. The van der Waals surface area contributed by atoms with Gasteiger partial charge in [-0.05, 0) is 35.6 Å². The van der Waals surface area contributed by atoms with Crippen LogP contribution in [0.3, 0.4) is 0 Å². The minimum Gasteiger partial charge on any atom is -0.497 e. The van der Waals surface area contributed by atoms with Crippen LogP contribution in [0.1, 0.15) is 36.3 Å². The van der Waals surface area contributed by atoms with Crippen LogP contribution in [0.15, 0.2) is 36.7 Å². The molecular weight excluding hydrogens is 333 g/mol. The van der Waals surface area contributed by atoms with Crippen LogP contribution in [0.2, 0.25) is 0 Å². The Morgan fingerprint density at radius 1 is 1.35 bits per heavy atom. The Kier molecular flexibility index (Phi) is 4.21. The lowest BCUT2D eigenvalue weighted by Gasteiger charge is -2.37. The molecule has 2 heterocycles. The molecule has 5 nitrogen and oxygen atoms in total. The molecule has 1 aromatic heterocycles. The maximum absolute atomic E-state index is 15.4. The van der Waals surface area contributed by atoms with Crippen molar-refractivity contribution in [1.29, 1.82) is 0 Å². The second-order valence-electron chi connectivity index (χ2n) is 7.42. The average molecular weight is 357 g/mol. The molecule has 1 saturated heterocycles. The van der Waals surface area contributed by atoms with Crippen molar-refractivity contribution >= 4 is 5.91 Å². The molecular formula is C20H24FN3O2. The van der Waals surface area contributed by atoms with Gasteiger partial charge in [-0.15, -0.1) is 0 Å². The number of aromatic nitrogens is 2. The van der Waals surface area contributed by atoms with Crippen molar-refractivity contribution in [1.82, 2.24) is 14.7 Å². The molecule has 0 unspecified atom stereocenters. The summed E-state index contributed by atoms with van der Waals surface area (Å²) in [5.74, 6) is 1.12. The Hall–Kier alpha value is -2.37. The molecule has 2 aliphatic rings. The fraction of sp³-hybridized carbons (Fsp3) is 0.500. The van der Waals surface area contributed by atoms with Gasteiger partial charge in [-0.3, -0.25) is 9.48 Å². The van der Waals surface area contributed by atoms with Crippen molar-refractivity contribution in [3.63, 3.8) is 0 Å². The van der Waals surface area contributed by atoms with E-state index in [0.29, 0.717) is 37.2 Å². The molecule has 1 saturated carbocycles. The van der Waals surface area contributed by atoms with Crippen molar-refractivity contribution in [2.75, 3.05) is 20.2 Å². The van der Waals surface area contributed by atoms with Gasteiger partial charge in [0.15, 0.2) is 0 Å². The number of hydrogen-bond acceptors (Lipinski definition) is 3. The number of piperidine rings is 1. The number of carbonyl (C=O) groups is 1. The molecule has 26 heavy (non-hydrogen) atoms. The number of ether oxygens (including phenoxy) is 1. The SMILES string of the molecule is COc1cccc(C2(F)CCN(C(=O)[C@@H]3C[C@H]3c3cnn(C)c3)CC2)c1. The third-order valence-corrected chi connectivity index (χ3v) is 5.72. The number of alkyl halides is 1. The Morgan fingerprint density at radius 3 is 2.77 bits per heavy atom. The van der Waals surface area contributed by atoms with E-state index in [0.717, 1.165) is 12.0 Å². The summed E-state index contributed by atoms with van der Waals surface area (Å²) < 4.78 is 22.4.